The number of benzene rings is 2. The van der Waals surface area contributed by atoms with Crippen LogP contribution in [0.4, 0.5) is 0 Å². The average Bonchev–Trinajstić information content (AvgIpc) is 2.62. The third-order valence-electron chi connectivity index (χ3n) is 4.07. The fraction of sp³-hybridized carbons (Fsp3) is 0.364. The second kappa shape index (κ2) is 9.87. The molecular formula is C22H26O. The summed E-state index contributed by atoms with van der Waals surface area (Å²) in [6, 6.07) is 19.9. The van der Waals surface area contributed by atoms with E-state index in [-0.39, 0.29) is 5.92 Å². The normalized spacial score (nSPS) is 13.0. The van der Waals surface area contributed by atoms with Gasteiger partial charge in [-0.15, -0.1) is 0 Å². The van der Waals surface area contributed by atoms with Crippen molar-refractivity contribution >= 4 is 0 Å². The van der Waals surface area contributed by atoms with E-state index in [1.54, 1.807) is 0 Å². The van der Waals surface area contributed by atoms with Crippen molar-refractivity contribution in [1.82, 2.24) is 0 Å². The lowest BCUT2D eigenvalue weighted by atomic mass is 9.91. The van der Waals surface area contributed by atoms with Crippen LogP contribution in [-0.4, -0.2) is 5.11 Å². The Morgan fingerprint density at radius 3 is 2.17 bits per heavy atom. The Labute approximate surface area is 140 Å². The molecular weight excluding hydrogens is 280 g/mol. The lowest BCUT2D eigenvalue weighted by molar-refractivity contribution is 0.129. The van der Waals surface area contributed by atoms with E-state index in [0.717, 1.165) is 24.0 Å². The quantitative estimate of drug-likeness (QED) is 0.539. The first-order chi connectivity index (χ1) is 11.3. The molecule has 0 aliphatic heterocycles. The third kappa shape index (κ3) is 5.93. The van der Waals surface area contributed by atoms with Crippen molar-refractivity contribution in [3.63, 3.8) is 0 Å². The van der Waals surface area contributed by atoms with E-state index < -0.39 is 6.10 Å². The average molecular weight is 306 g/mol. The SMILES string of the molecule is CCCCCCC(C#Cc1ccccc1)C(O)c1ccccc1. The van der Waals surface area contributed by atoms with Crippen molar-refractivity contribution in [3.05, 3.63) is 71.8 Å². The maximum atomic E-state index is 10.7. The minimum absolute atomic E-state index is 0.0190. The lowest BCUT2D eigenvalue weighted by Crippen LogP contribution is -2.11. The minimum atomic E-state index is -0.519. The molecule has 2 aromatic carbocycles. The van der Waals surface area contributed by atoms with Crippen LogP contribution in [0.3, 0.4) is 0 Å². The van der Waals surface area contributed by atoms with E-state index in [4.69, 9.17) is 0 Å². The van der Waals surface area contributed by atoms with Crippen molar-refractivity contribution < 1.29 is 5.11 Å². The van der Waals surface area contributed by atoms with Crippen molar-refractivity contribution in [3.8, 4) is 11.8 Å². The van der Waals surface area contributed by atoms with Crippen LogP contribution in [0.2, 0.25) is 0 Å². The molecule has 1 heteroatoms. The Kier molecular flexibility index (Phi) is 7.43. The molecule has 1 nitrogen and oxygen atoms in total. The monoisotopic (exact) mass is 306 g/mol. The molecule has 0 aromatic heterocycles. The highest BCUT2D eigenvalue weighted by atomic mass is 16.3. The summed E-state index contributed by atoms with van der Waals surface area (Å²) >= 11 is 0. The topological polar surface area (TPSA) is 20.2 Å². The molecule has 2 rings (SSSR count). The van der Waals surface area contributed by atoms with Gasteiger partial charge in [-0.1, -0.05) is 93.0 Å². The van der Waals surface area contributed by atoms with E-state index in [1.807, 2.05) is 60.7 Å². The van der Waals surface area contributed by atoms with Gasteiger partial charge in [-0.25, -0.2) is 0 Å². The fourth-order valence-corrected chi connectivity index (χ4v) is 2.68. The van der Waals surface area contributed by atoms with Crippen LogP contribution in [0.25, 0.3) is 0 Å². The van der Waals surface area contributed by atoms with Gasteiger partial charge in [0, 0.05) is 5.56 Å². The van der Waals surface area contributed by atoms with Crippen LogP contribution < -0.4 is 0 Å². The Balaban J connectivity index is 2.10. The van der Waals surface area contributed by atoms with Crippen molar-refractivity contribution in [2.24, 2.45) is 5.92 Å². The molecule has 2 aromatic rings. The molecule has 0 fully saturated rings. The Bertz CT molecular complexity index is 607. The van der Waals surface area contributed by atoms with E-state index in [1.165, 1.54) is 19.3 Å². The second-order valence-corrected chi connectivity index (χ2v) is 5.95. The van der Waals surface area contributed by atoms with Gasteiger partial charge in [0.1, 0.15) is 0 Å². The number of hydrogen-bond acceptors (Lipinski definition) is 1. The Morgan fingerprint density at radius 1 is 0.870 bits per heavy atom. The lowest BCUT2D eigenvalue weighted by Gasteiger charge is -2.18. The molecule has 0 radical (unpaired) electrons. The first-order valence-electron chi connectivity index (χ1n) is 8.61. The molecule has 0 saturated carbocycles. The number of aliphatic hydroxyl groups excluding tert-OH is 1. The molecule has 0 bridgehead atoms. The first-order valence-corrected chi connectivity index (χ1v) is 8.61. The molecule has 2 atom stereocenters. The zero-order valence-corrected chi connectivity index (χ0v) is 13.9. The van der Waals surface area contributed by atoms with Gasteiger partial charge in [0.05, 0.1) is 12.0 Å². The molecule has 0 saturated heterocycles. The number of unbranched alkanes of at least 4 members (excludes halogenated alkanes) is 3. The molecule has 0 spiro atoms. The largest absolute Gasteiger partial charge is 0.387 e. The van der Waals surface area contributed by atoms with Crippen molar-refractivity contribution in [1.29, 1.82) is 0 Å². The maximum absolute atomic E-state index is 10.7. The molecule has 1 N–H and O–H groups in total. The molecule has 0 aliphatic rings. The highest BCUT2D eigenvalue weighted by Gasteiger charge is 2.18. The van der Waals surface area contributed by atoms with Crippen LogP contribution in [0.1, 0.15) is 56.3 Å². The van der Waals surface area contributed by atoms with Gasteiger partial charge in [0.15, 0.2) is 0 Å². The number of aliphatic hydroxyl groups is 1. The molecule has 23 heavy (non-hydrogen) atoms. The van der Waals surface area contributed by atoms with Crippen LogP contribution >= 0.6 is 0 Å². The summed E-state index contributed by atoms with van der Waals surface area (Å²) in [6.45, 7) is 2.21. The van der Waals surface area contributed by atoms with Crippen molar-refractivity contribution in [2.45, 2.75) is 45.1 Å². The van der Waals surface area contributed by atoms with E-state index in [0.29, 0.717) is 0 Å². The van der Waals surface area contributed by atoms with E-state index in [2.05, 4.69) is 18.8 Å². The van der Waals surface area contributed by atoms with Gasteiger partial charge < -0.3 is 5.11 Å². The predicted octanol–water partition coefficient (Wildman–Crippen LogP) is 5.36. The van der Waals surface area contributed by atoms with Gasteiger partial charge in [-0.3, -0.25) is 0 Å². The van der Waals surface area contributed by atoms with Gasteiger partial charge in [-0.2, -0.15) is 0 Å². The number of rotatable bonds is 7. The van der Waals surface area contributed by atoms with Crippen LogP contribution in [0.5, 0.6) is 0 Å². The molecule has 0 aliphatic carbocycles. The Hall–Kier alpha value is -2.04. The first kappa shape index (κ1) is 17.3. The van der Waals surface area contributed by atoms with E-state index in [9.17, 15) is 5.11 Å². The summed E-state index contributed by atoms with van der Waals surface area (Å²) in [5.74, 6) is 6.52. The highest BCUT2D eigenvalue weighted by molar-refractivity contribution is 5.35. The summed E-state index contributed by atoms with van der Waals surface area (Å²) in [5, 5.41) is 10.7. The summed E-state index contributed by atoms with van der Waals surface area (Å²) in [4.78, 5) is 0. The molecule has 0 amide bonds. The van der Waals surface area contributed by atoms with Gasteiger partial charge in [0.2, 0.25) is 0 Å². The molecule has 0 heterocycles. The summed E-state index contributed by atoms with van der Waals surface area (Å²) in [7, 11) is 0. The van der Waals surface area contributed by atoms with E-state index >= 15 is 0 Å². The van der Waals surface area contributed by atoms with Crippen LogP contribution in [0, 0.1) is 17.8 Å². The summed E-state index contributed by atoms with van der Waals surface area (Å²) in [6.07, 6.45) is 5.22. The highest BCUT2D eigenvalue weighted by Crippen LogP contribution is 2.26. The minimum Gasteiger partial charge on any atom is -0.387 e. The van der Waals surface area contributed by atoms with Gasteiger partial charge >= 0.3 is 0 Å². The summed E-state index contributed by atoms with van der Waals surface area (Å²) < 4.78 is 0. The number of hydrogen-bond donors (Lipinski definition) is 1. The standard InChI is InChI=1S/C22H26O/c1-2-3-4-9-16-21(18-17-19-12-7-5-8-13-19)22(23)20-14-10-6-11-15-20/h5-8,10-15,21-23H,2-4,9,16H2,1H3. The zero-order valence-electron chi connectivity index (χ0n) is 13.9. The smallest absolute Gasteiger partial charge is 0.0927 e. The van der Waals surface area contributed by atoms with Crippen molar-refractivity contribution in [2.75, 3.05) is 0 Å². The van der Waals surface area contributed by atoms with Gasteiger partial charge in [-0.05, 0) is 24.1 Å². The molecule has 2 unspecified atom stereocenters. The van der Waals surface area contributed by atoms with Gasteiger partial charge in [0.25, 0.3) is 0 Å². The zero-order chi connectivity index (χ0) is 16.3. The third-order valence-corrected chi connectivity index (χ3v) is 4.07. The predicted molar refractivity (Wildman–Crippen MR) is 97.0 cm³/mol. The summed E-state index contributed by atoms with van der Waals surface area (Å²) in [5.41, 5.74) is 1.96. The fourth-order valence-electron chi connectivity index (χ4n) is 2.68. The second-order valence-electron chi connectivity index (χ2n) is 5.95. The maximum Gasteiger partial charge on any atom is 0.0927 e. The Morgan fingerprint density at radius 2 is 1.52 bits per heavy atom. The molecule has 120 valence electrons. The van der Waals surface area contributed by atoms with Crippen LogP contribution in [0.15, 0.2) is 60.7 Å². The van der Waals surface area contributed by atoms with Crippen LogP contribution in [-0.2, 0) is 0 Å².